The predicted molar refractivity (Wildman–Crippen MR) is 68.1 cm³/mol. The molecular weight excluding hydrogens is 253 g/mol. The first-order chi connectivity index (χ1) is 6.94. The normalized spacial score (nSPS) is 11.5. The van der Waals surface area contributed by atoms with Crippen LogP contribution in [0.15, 0.2) is 6.20 Å². The summed E-state index contributed by atoms with van der Waals surface area (Å²) < 4.78 is 0.126. The summed E-state index contributed by atoms with van der Waals surface area (Å²) in [6, 6.07) is 0. The number of hydrogen-bond acceptors (Lipinski definition) is 4. The van der Waals surface area contributed by atoms with Gasteiger partial charge in [0.25, 0.3) is 0 Å². The summed E-state index contributed by atoms with van der Waals surface area (Å²) >= 11 is 13.4. The van der Waals surface area contributed by atoms with E-state index in [0.29, 0.717) is 10.8 Å². The zero-order chi connectivity index (χ0) is 11.5. The number of halogens is 2. The van der Waals surface area contributed by atoms with Crippen molar-refractivity contribution in [3.05, 3.63) is 16.5 Å². The number of rotatable bonds is 4. The Kier molecular flexibility index (Phi) is 4.49. The maximum Gasteiger partial charge on any atom is 0.224 e. The van der Waals surface area contributed by atoms with Gasteiger partial charge in [-0.3, -0.25) is 0 Å². The Labute approximate surface area is 104 Å². The van der Waals surface area contributed by atoms with Crippen molar-refractivity contribution < 1.29 is 0 Å². The first-order valence-corrected chi connectivity index (χ1v) is 6.40. The van der Waals surface area contributed by atoms with Crippen LogP contribution in [-0.4, -0.2) is 27.5 Å². The average Bonchev–Trinajstić information content (AvgIpc) is 2.20. The Morgan fingerprint density at radius 2 is 2.13 bits per heavy atom. The molecule has 1 N–H and O–H groups in total. The van der Waals surface area contributed by atoms with E-state index in [0.717, 1.165) is 6.54 Å². The van der Waals surface area contributed by atoms with Crippen molar-refractivity contribution in [3.63, 3.8) is 0 Å². The van der Waals surface area contributed by atoms with Gasteiger partial charge in [0.15, 0.2) is 0 Å². The third-order valence-corrected chi connectivity index (χ3v) is 3.66. The maximum atomic E-state index is 5.92. The molecule has 0 saturated carbocycles. The van der Waals surface area contributed by atoms with Gasteiger partial charge >= 0.3 is 0 Å². The molecule has 0 aromatic carbocycles. The van der Waals surface area contributed by atoms with Crippen LogP contribution in [0.25, 0.3) is 0 Å². The summed E-state index contributed by atoms with van der Waals surface area (Å²) in [7, 11) is 0. The molecule has 1 aromatic rings. The van der Waals surface area contributed by atoms with E-state index in [-0.39, 0.29) is 10.0 Å². The van der Waals surface area contributed by atoms with Crippen LogP contribution in [0.5, 0.6) is 0 Å². The number of aromatic nitrogens is 2. The lowest BCUT2D eigenvalue weighted by Crippen LogP contribution is -2.26. The molecule has 0 aliphatic rings. The largest absolute Gasteiger partial charge is 0.367 e. The lowest BCUT2D eigenvalue weighted by Gasteiger charge is -2.22. The molecule has 0 atom stereocenters. The third kappa shape index (κ3) is 4.05. The van der Waals surface area contributed by atoms with E-state index in [1.807, 2.05) is 0 Å². The summed E-state index contributed by atoms with van der Waals surface area (Å²) in [5.41, 5.74) is 0. The Balaban J connectivity index is 2.69. The zero-order valence-corrected chi connectivity index (χ0v) is 11.2. The monoisotopic (exact) mass is 265 g/mol. The number of nitrogens with zero attached hydrogens (tertiary/aromatic N) is 2. The molecule has 0 spiro atoms. The molecule has 3 nitrogen and oxygen atoms in total. The van der Waals surface area contributed by atoms with Crippen molar-refractivity contribution in [2.24, 2.45) is 0 Å². The molecule has 0 aliphatic heterocycles. The predicted octanol–water partition coefficient (Wildman–Crippen LogP) is 3.34. The molecule has 1 rings (SSSR count). The fraction of sp³-hybridized carbons (Fsp3) is 0.556. The van der Waals surface area contributed by atoms with Crippen LogP contribution < -0.4 is 5.32 Å². The molecule has 15 heavy (non-hydrogen) atoms. The van der Waals surface area contributed by atoms with Gasteiger partial charge < -0.3 is 5.32 Å². The fourth-order valence-electron chi connectivity index (χ4n) is 0.838. The Hall–Kier alpha value is -0.190. The summed E-state index contributed by atoms with van der Waals surface area (Å²) in [6.07, 6.45) is 3.56. The second-order valence-electron chi connectivity index (χ2n) is 3.65. The van der Waals surface area contributed by atoms with Crippen LogP contribution in [0.2, 0.25) is 10.3 Å². The Morgan fingerprint density at radius 3 is 2.73 bits per heavy atom. The number of nitrogens with one attached hydrogen (secondary N) is 1. The Bertz CT molecular complexity index is 344. The fourth-order valence-corrected chi connectivity index (χ4v) is 1.35. The Morgan fingerprint density at radius 1 is 1.47 bits per heavy atom. The van der Waals surface area contributed by atoms with Crippen LogP contribution in [0, 0.1) is 0 Å². The molecule has 0 unspecified atom stereocenters. The molecule has 0 fully saturated rings. The molecule has 0 radical (unpaired) electrons. The molecule has 6 heteroatoms. The minimum Gasteiger partial charge on any atom is -0.367 e. The van der Waals surface area contributed by atoms with E-state index in [1.54, 1.807) is 11.8 Å². The minimum absolute atomic E-state index is 0.126. The lowest BCUT2D eigenvalue weighted by molar-refractivity contribution is 0.750. The summed E-state index contributed by atoms with van der Waals surface area (Å²) in [5.74, 6) is 0.582. The van der Waals surface area contributed by atoms with Gasteiger partial charge in [-0.2, -0.15) is 16.7 Å². The second kappa shape index (κ2) is 5.23. The molecule has 0 amide bonds. The van der Waals surface area contributed by atoms with Gasteiger partial charge in [0.2, 0.25) is 5.28 Å². The smallest absolute Gasteiger partial charge is 0.224 e. The van der Waals surface area contributed by atoms with E-state index in [2.05, 4.69) is 35.4 Å². The topological polar surface area (TPSA) is 37.8 Å². The van der Waals surface area contributed by atoms with Crippen LogP contribution in [0.1, 0.15) is 13.8 Å². The molecule has 1 aromatic heterocycles. The number of thioether (sulfide) groups is 1. The standard InChI is InChI=1S/C9H13Cl2N3S/c1-9(2,15-3)5-13-7-6(10)4-12-8(11)14-7/h4H,5H2,1-3H3,(H,12,13,14). The maximum absolute atomic E-state index is 5.92. The third-order valence-electron chi connectivity index (χ3n) is 1.95. The number of hydrogen-bond donors (Lipinski definition) is 1. The highest BCUT2D eigenvalue weighted by Crippen LogP contribution is 2.24. The van der Waals surface area contributed by atoms with Crippen LogP contribution in [0.3, 0.4) is 0 Å². The first kappa shape index (κ1) is 12.9. The molecule has 1 heterocycles. The van der Waals surface area contributed by atoms with E-state index in [1.165, 1.54) is 6.20 Å². The first-order valence-electron chi connectivity index (χ1n) is 4.42. The quantitative estimate of drug-likeness (QED) is 0.848. The van der Waals surface area contributed by atoms with Gasteiger partial charge in [-0.05, 0) is 31.7 Å². The van der Waals surface area contributed by atoms with E-state index >= 15 is 0 Å². The highest BCUT2D eigenvalue weighted by atomic mass is 35.5. The van der Waals surface area contributed by atoms with Crippen molar-refractivity contribution >= 4 is 40.8 Å². The van der Waals surface area contributed by atoms with Gasteiger partial charge in [0.1, 0.15) is 10.8 Å². The van der Waals surface area contributed by atoms with Crippen molar-refractivity contribution in [3.8, 4) is 0 Å². The van der Waals surface area contributed by atoms with Crippen molar-refractivity contribution in [2.45, 2.75) is 18.6 Å². The lowest BCUT2D eigenvalue weighted by atomic mass is 10.2. The van der Waals surface area contributed by atoms with Crippen molar-refractivity contribution in [1.82, 2.24) is 9.97 Å². The summed E-state index contributed by atoms with van der Waals surface area (Å²) in [6.45, 7) is 5.05. The van der Waals surface area contributed by atoms with Crippen LogP contribution in [-0.2, 0) is 0 Å². The zero-order valence-electron chi connectivity index (χ0n) is 8.84. The van der Waals surface area contributed by atoms with Gasteiger partial charge in [-0.25, -0.2) is 4.98 Å². The van der Waals surface area contributed by atoms with E-state index < -0.39 is 0 Å². The second-order valence-corrected chi connectivity index (χ2v) is 5.91. The van der Waals surface area contributed by atoms with Crippen LogP contribution in [0.4, 0.5) is 5.82 Å². The molecule has 84 valence electrons. The summed E-state index contributed by atoms with van der Waals surface area (Å²) in [5, 5.41) is 3.84. The van der Waals surface area contributed by atoms with Gasteiger partial charge in [0.05, 0.1) is 6.20 Å². The highest BCUT2D eigenvalue weighted by molar-refractivity contribution is 7.99. The molecule has 0 aliphatic carbocycles. The highest BCUT2D eigenvalue weighted by Gasteiger charge is 2.16. The van der Waals surface area contributed by atoms with Crippen molar-refractivity contribution in [1.29, 1.82) is 0 Å². The van der Waals surface area contributed by atoms with Gasteiger partial charge in [-0.1, -0.05) is 11.6 Å². The van der Waals surface area contributed by atoms with E-state index in [9.17, 15) is 0 Å². The minimum atomic E-state index is 0.126. The van der Waals surface area contributed by atoms with Gasteiger partial charge in [0, 0.05) is 11.3 Å². The molecule has 0 bridgehead atoms. The summed E-state index contributed by atoms with van der Waals surface area (Å²) in [4.78, 5) is 7.79. The van der Waals surface area contributed by atoms with E-state index in [4.69, 9.17) is 23.2 Å². The van der Waals surface area contributed by atoms with Crippen molar-refractivity contribution in [2.75, 3.05) is 18.1 Å². The molecular formula is C9H13Cl2N3S. The number of anilines is 1. The molecule has 0 saturated heterocycles. The average molecular weight is 266 g/mol. The van der Waals surface area contributed by atoms with Gasteiger partial charge in [-0.15, -0.1) is 0 Å². The SMILES string of the molecule is CSC(C)(C)CNc1nc(Cl)ncc1Cl. The van der Waals surface area contributed by atoms with Crippen LogP contribution >= 0.6 is 35.0 Å².